The maximum absolute atomic E-state index is 12.7. The predicted octanol–water partition coefficient (Wildman–Crippen LogP) is -0.0655. The van der Waals surface area contributed by atoms with E-state index in [1.54, 1.807) is 0 Å². The first kappa shape index (κ1) is 17.2. The van der Waals surface area contributed by atoms with Gasteiger partial charge in [-0.05, 0) is 19.3 Å². The van der Waals surface area contributed by atoms with Gasteiger partial charge in [0.2, 0.25) is 5.91 Å². The van der Waals surface area contributed by atoms with Gasteiger partial charge in [-0.2, -0.15) is 0 Å². The molecule has 0 aromatic carbocycles. The van der Waals surface area contributed by atoms with Gasteiger partial charge in [-0.1, -0.05) is 25.7 Å². The molecule has 0 bridgehead atoms. The van der Waals surface area contributed by atoms with Gasteiger partial charge in [0.25, 0.3) is 5.91 Å². The van der Waals surface area contributed by atoms with E-state index in [-0.39, 0.29) is 24.0 Å². The molecule has 1 atom stereocenters. The van der Waals surface area contributed by atoms with Crippen LogP contribution in [0.1, 0.15) is 44.9 Å². The highest BCUT2D eigenvalue weighted by Crippen LogP contribution is 2.32. The van der Waals surface area contributed by atoms with Crippen LogP contribution in [0.5, 0.6) is 0 Å². The standard InChI is InChI=1S/C15H23N3O5S/c19-12(16-11-5-8-24(22,23)10-11)9-18-13(20)15(17-14(18)21)6-3-1-2-4-7-15/h11H,1-10H2,(H,16,19)(H,17,21)/t11-/m0/s1. The van der Waals surface area contributed by atoms with Gasteiger partial charge in [0.15, 0.2) is 9.84 Å². The number of carbonyl (C=O) groups excluding carboxylic acids is 3. The van der Waals surface area contributed by atoms with Crippen LogP contribution in [0.3, 0.4) is 0 Å². The van der Waals surface area contributed by atoms with Gasteiger partial charge in [-0.15, -0.1) is 0 Å². The number of sulfone groups is 1. The first-order chi connectivity index (χ1) is 11.3. The van der Waals surface area contributed by atoms with Crippen molar-refractivity contribution in [2.75, 3.05) is 18.1 Å². The van der Waals surface area contributed by atoms with Crippen molar-refractivity contribution in [3.63, 3.8) is 0 Å². The van der Waals surface area contributed by atoms with Crippen LogP contribution in [0.25, 0.3) is 0 Å². The Morgan fingerprint density at radius 3 is 2.46 bits per heavy atom. The summed E-state index contributed by atoms with van der Waals surface area (Å²) in [6, 6.07) is -0.966. The molecule has 3 rings (SSSR count). The first-order valence-corrected chi connectivity index (χ1v) is 10.3. The van der Waals surface area contributed by atoms with Crippen molar-refractivity contribution >= 4 is 27.7 Å². The smallest absolute Gasteiger partial charge is 0.325 e. The lowest BCUT2D eigenvalue weighted by atomic mass is 9.90. The highest BCUT2D eigenvalue weighted by Gasteiger charge is 2.51. The molecule has 134 valence electrons. The summed E-state index contributed by atoms with van der Waals surface area (Å²) in [5.41, 5.74) is -0.857. The second-order valence-corrected chi connectivity index (χ2v) is 9.21. The van der Waals surface area contributed by atoms with Crippen LogP contribution in [-0.4, -0.2) is 60.8 Å². The quantitative estimate of drug-likeness (QED) is 0.687. The molecule has 2 aliphatic heterocycles. The molecule has 0 unspecified atom stereocenters. The van der Waals surface area contributed by atoms with Crippen LogP contribution < -0.4 is 10.6 Å². The molecule has 0 aromatic heterocycles. The van der Waals surface area contributed by atoms with Crippen molar-refractivity contribution in [2.24, 2.45) is 0 Å². The van der Waals surface area contributed by atoms with Crippen LogP contribution in [0.15, 0.2) is 0 Å². The van der Waals surface area contributed by atoms with Crippen molar-refractivity contribution < 1.29 is 22.8 Å². The Morgan fingerprint density at radius 1 is 1.21 bits per heavy atom. The summed E-state index contributed by atoms with van der Waals surface area (Å²) in [6.45, 7) is -0.358. The van der Waals surface area contributed by atoms with Crippen LogP contribution in [-0.2, 0) is 19.4 Å². The van der Waals surface area contributed by atoms with Crippen molar-refractivity contribution in [1.29, 1.82) is 0 Å². The van der Waals surface area contributed by atoms with Crippen molar-refractivity contribution in [2.45, 2.75) is 56.5 Å². The van der Waals surface area contributed by atoms with Gasteiger partial charge in [-0.25, -0.2) is 13.2 Å². The molecule has 3 fully saturated rings. The van der Waals surface area contributed by atoms with E-state index in [0.717, 1.165) is 30.6 Å². The SMILES string of the molecule is O=C(CN1C(=O)NC2(CCCCCC2)C1=O)N[C@H]1CCS(=O)(=O)C1. The number of nitrogens with one attached hydrogen (secondary N) is 2. The Labute approximate surface area is 141 Å². The molecular weight excluding hydrogens is 334 g/mol. The van der Waals surface area contributed by atoms with Crippen LogP contribution in [0.2, 0.25) is 0 Å². The Morgan fingerprint density at radius 2 is 1.88 bits per heavy atom. The number of hydrogen-bond donors (Lipinski definition) is 2. The zero-order valence-corrected chi connectivity index (χ0v) is 14.4. The van der Waals surface area contributed by atoms with Crippen molar-refractivity contribution in [3.8, 4) is 0 Å². The molecule has 2 heterocycles. The number of nitrogens with zero attached hydrogens (tertiary/aromatic N) is 1. The maximum atomic E-state index is 12.7. The molecular formula is C15H23N3O5S. The van der Waals surface area contributed by atoms with E-state index in [4.69, 9.17) is 0 Å². The van der Waals surface area contributed by atoms with Crippen LogP contribution in [0, 0.1) is 0 Å². The minimum atomic E-state index is -3.09. The van der Waals surface area contributed by atoms with Crippen LogP contribution in [0.4, 0.5) is 4.79 Å². The van der Waals surface area contributed by atoms with Gasteiger partial charge in [0, 0.05) is 6.04 Å². The predicted molar refractivity (Wildman–Crippen MR) is 85.9 cm³/mol. The summed E-state index contributed by atoms with van der Waals surface area (Å²) in [7, 11) is -3.09. The first-order valence-electron chi connectivity index (χ1n) is 8.45. The zero-order valence-electron chi connectivity index (χ0n) is 13.5. The highest BCUT2D eigenvalue weighted by molar-refractivity contribution is 7.91. The molecule has 1 aliphatic carbocycles. The molecule has 2 saturated heterocycles. The summed E-state index contributed by atoms with van der Waals surface area (Å²) in [4.78, 5) is 37.9. The molecule has 0 radical (unpaired) electrons. The Balaban J connectivity index is 1.61. The van der Waals surface area contributed by atoms with Crippen molar-refractivity contribution in [3.05, 3.63) is 0 Å². The normalized spacial score (nSPS) is 28.7. The number of urea groups is 1. The second kappa shape index (κ2) is 6.34. The summed E-state index contributed by atoms with van der Waals surface area (Å²) in [5.74, 6) is -0.845. The van der Waals surface area contributed by atoms with Gasteiger partial charge >= 0.3 is 6.03 Å². The largest absolute Gasteiger partial charge is 0.351 e. The van der Waals surface area contributed by atoms with E-state index >= 15 is 0 Å². The molecule has 9 heteroatoms. The number of imide groups is 1. The van der Waals surface area contributed by atoms with E-state index in [9.17, 15) is 22.8 Å². The maximum Gasteiger partial charge on any atom is 0.325 e. The Hall–Kier alpha value is -1.64. The molecule has 3 aliphatic rings. The van der Waals surface area contributed by atoms with Gasteiger partial charge in [-0.3, -0.25) is 14.5 Å². The third-order valence-corrected chi connectivity index (χ3v) is 6.87. The average Bonchev–Trinajstić information content (AvgIpc) is 2.82. The van der Waals surface area contributed by atoms with Crippen LogP contribution >= 0.6 is 0 Å². The fraction of sp³-hybridized carbons (Fsp3) is 0.800. The number of hydrogen-bond acceptors (Lipinski definition) is 5. The van der Waals surface area contributed by atoms with E-state index in [1.807, 2.05) is 0 Å². The number of amides is 4. The number of rotatable bonds is 3. The van der Waals surface area contributed by atoms with Gasteiger partial charge in [0.05, 0.1) is 11.5 Å². The molecule has 8 nitrogen and oxygen atoms in total. The average molecular weight is 357 g/mol. The minimum absolute atomic E-state index is 0.0597. The second-order valence-electron chi connectivity index (χ2n) is 6.99. The zero-order chi connectivity index (χ0) is 17.4. The summed E-state index contributed by atoms with van der Waals surface area (Å²) < 4.78 is 22.9. The van der Waals surface area contributed by atoms with E-state index in [1.165, 1.54) is 0 Å². The van der Waals surface area contributed by atoms with E-state index in [2.05, 4.69) is 10.6 Å². The third kappa shape index (κ3) is 3.40. The topological polar surface area (TPSA) is 113 Å². The van der Waals surface area contributed by atoms with E-state index < -0.39 is 33.4 Å². The third-order valence-electron chi connectivity index (χ3n) is 5.10. The molecule has 1 saturated carbocycles. The Bertz CT molecular complexity index is 652. The highest BCUT2D eigenvalue weighted by atomic mass is 32.2. The summed E-state index contributed by atoms with van der Waals surface area (Å²) in [6.07, 6.45) is 5.44. The minimum Gasteiger partial charge on any atom is -0.351 e. The Kier molecular flexibility index (Phi) is 4.54. The fourth-order valence-corrected chi connectivity index (χ4v) is 5.49. The molecule has 2 N–H and O–H groups in total. The summed E-state index contributed by atoms with van der Waals surface area (Å²) >= 11 is 0. The molecule has 4 amide bonds. The van der Waals surface area contributed by atoms with E-state index in [0.29, 0.717) is 19.3 Å². The number of carbonyl (C=O) groups is 3. The lowest BCUT2D eigenvalue weighted by Crippen LogP contribution is -2.48. The lowest BCUT2D eigenvalue weighted by molar-refractivity contribution is -0.135. The lowest BCUT2D eigenvalue weighted by Gasteiger charge is -2.24. The monoisotopic (exact) mass is 357 g/mol. The molecule has 0 aromatic rings. The summed E-state index contributed by atoms with van der Waals surface area (Å²) in [5, 5.41) is 5.40. The molecule has 24 heavy (non-hydrogen) atoms. The fourth-order valence-electron chi connectivity index (χ4n) is 3.82. The van der Waals surface area contributed by atoms with Gasteiger partial charge in [0.1, 0.15) is 12.1 Å². The van der Waals surface area contributed by atoms with Gasteiger partial charge < -0.3 is 10.6 Å². The van der Waals surface area contributed by atoms with Crippen molar-refractivity contribution in [1.82, 2.24) is 15.5 Å². The molecule has 1 spiro atoms.